The molecule has 0 radical (unpaired) electrons. The molecule has 0 saturated carbocycles. The third kappa shape index (κ3) is 1.38. The highest BCUT2D eigenvalue weighted by atomic mass is 16.1. The fourth-order valence-corrected chi connectivity index (χ4v) is 1.57. The lowest BCUT2D eigenvalue weighted by Gasteiger charge is -2.39. The summed E-state index contributed by atoms with van der Waals surface area (Å²) >= 11 is 0. The minimum absolute atomic E-state index is 0.195. The summed E-state index contributed by atoms with van der Waals surface area (Å²) in [5, 5.41) is 0. The summed E-state index contributed by atoms with van der Waals surface area (Å²) in [5.41, 5.74) is 4.92. The molecule has 1 aliphatic heterocycles. The van der Waals surface area contributed by atoms with E-state index in [9.17, 15) is 4.79 Å². The van der Waals surface area contributed by atoms with Crippen LogP contribution in [0.2, 0.25) is 0 Å². The van der Waals surface area contributed by atoms with Gasteiger partial charge < -0.3 is 5.73 Å². The van der Waals surface area contributed by atoms with Crippen LogP contribution in [0.25, 0.3) is 0 Å². The lowest BCUT2D eigenvalue weighted by atomic mass is 9.88. The zero-order valence-electron chi connectivity index (χ0n) is 7.26. The second-order valence-electron chi connectivity index (χ2n) is 3.52. The third-order valence-electron chi connectivity index (χ3n) is 2.78. The maximum atomic E-state index is 11.1. The zero-order valence-corrected chi connectivity index (χ0v) is 7.26. The van der Waals surface area contributed by atoms with Gasteiger partial charge >= 0.3 is 0 Å². The van der Waals surface area contributed by atoms with Crippen LogP contribution in [0.3, 0.4) is 0 Å². The summed E-state index contributed by atoms with van der Waals surface area (Å²) in [6.07, 6.45) is 3.20. The van der Waals surface area contributed by atoms with E-state index in [-0.39, 0.29) is 5.91 Å². The Kier molecular flexibility index (Phi) is 2.18. The molecule has 1 aliphatic rings. The molecule has 2 N–H and O–H groups in total. The summed E-state index contributed by atoms with van der Waals surface area (Å²) in [4.78, 5) is 13.1. The van der Waals surface area contributed by atoms with Crippen LogP contribution in [0.4, 0.5) is 0 Å². The van der Waals surface area contributed by atoms with E-state index in [1.807, 2.05) is 14.0 Å². The normalized spacial score (nSPS) is 33.6. The average Bonchev–Trinajstić information content (AvgIpc) is 1.95. The van der Waals surface area contributed by atoms with Gasteiger partial charge in [0.2, 0.25) is 5.91 Å². The van der Waals surface area contributed by atoms with Gasteiger partial charge in [0.05, 0.1) is 5.54 Å². The highest BCUT2D eigenvalue weighted by Gasteiger charge is 2.36. The minimum Gasteiger partial charge on any atom is -0.368 e. The Bertz CT molecular complexity index is 169. The number of likely N-dealkylation sites (tertiary alicyclic amines) is 1. The molecular formula is C8H16N2O. The van der Waals surface area contributed by atoms with Gasteiger partial charge in [-0.05, 0) is 39.8 Å². The van der Waals surface area contributed by atoms with Crippen molar-refractivity contribution >= 4 is 5.91 Å². The molecule has 0 bridgehead atoms. The van der Waals surface area contributed by atoms with Gasteiger partial charge in [-0.2, -0.15) is 0 Å². The lowest BCUT2D eigenvalue weighted by Crippen LogP contribution is -2.55. The molecule has 3 nitrogen and oxygen atoms in total. The average molecular weight is 156 g/mol. The number of amides is 1. The molecule has 1 atom stereocenters. The standard InChI is InChI=1S/C8H16N2O/c1-8(7(9)11)5-3-4-6-10(8)2/h3-6H2,1-2H3,(H2,9,11)/t8-/m1/s1. The molecule has 1 rings (SSSR count). The molecule has 0 spiro atoms. The molecule has 0 aromatic carbocycles. The van der Waals surface area contributed by atoms with Crippen molar-refractivity contribution in [2.75, 3.05) is 13.6 Å². The molecule has 1 heterocycles. The van der Waals surface area contributed by atoms with E-state index in [1.54, 1.807) is 0 Å². The van der Waals surface area contributed by atoms with Crippen LogP contribution in [-0.4, -0.2) is 29.9 Å². The quantitative estimate of drug-likeness (QED) is 0.595. The number of rotatable bonds is 1. The smallest absolute Gasteiger partial charge is 0.237 e. The number of nitrogens with zero attached hydrogens (tertiary/aromatic N) is 1. The Balaban J connectivity index is 2.72. The molecule has 0 aromatic rings. The van der Waals surface area contributed by atoms with Crippen LogP contribution >= 0.6 is 0 Å². The molecule has 11 heavy (non-hydrogen) atoms. The molecule has 64 valence electrons. The van der Waals surface area contributed by atoms with Crippen molar-refractivity contribution in [1.29, 1.82) is 0 Å². The number of piperidine rings is 1. The molecule has 0 aromatic heterocycles. The van der Waals surface area contributed by atoms with Crippen molar-refractivity contribution in [3.8, 4) is 0 Å². The Morgan fingerprint density at radius 2 is 2.18 bits per heavy atom. The molecule has 0 unspecified atom stereocenters. The number of likely N-dealkylation sites (N-methyl/N-ethyl adjacent to an activating group) is 1. The molecule has 1 amide bonds. The van der Waals surface area contributed by atoms with Crippen molar-refractivity contribution in [3.05, 3.63) is 0 Å². The van der Waals surface area contributed by atoms with E-state index in [2.05, 4.69) is 4.90 Å². The highest BCUT2D eigenvalue weighted by Crippen LogP contribution is 2.25. The number of carbonyl (C=O) groups excluding carboxylic acids is 1. The van der Waals surface area contributed by atoms with Crippen LogP contribution in [0.5, 0.6) is 0 Å². The Hall–Kier alpha value is -0.570. The molecule has 1 fully saturated rings. The molecule has 3 heteroatoms. The Labute approximate surface area is 67.5 Å². The first kappa shape index (κ1) is 8.53. The Morgan fingerprint density at radius 1 is 1.55 bits per heavy atom. The fraction of sp³-hybridized carbons (Fsp3) is 0.875. The SMILES string of the molecule is CN1CCCC[C@]1(C)C(N)=O. The van der Waals surface area contributed by atoms with Crippen molar-refractivity contribution in [1.82, 2.24) is 4.90 Å². The predicted molar refractivity (Wildman–Crippen MR) is 44.1 cm³/mol. The van der Waals surface area contributed by atoms with Gasteiger partial charge in [0.1, 0.15) is 0 Å². The highest BCUT2D eigenvalue weighted by molar-refractivity contribution is 5.84. The van der Waals surface area contributed by atoms with Gasteiger partial charge in [-0.3, -0.25) is 9.69 Å². The summed E-state index contributed by atoms with van der Waals surface area (Å²) in [6, 6.07) is 0. The van der Waals surface area contributed by atoms with Gasteiger partial charge in [-0.25, -0.2) is 0 Å². The summed E-state index contributed by atoms with van der Waals surface area (Å²) in [5.74, 6) is -0.195. The van der Waals surface area contributed by atoms with Crippen molar-refractivity contribution < 1.29 is 4.79 Å². The number of nitrogens with two attached hydrogens (primary N) is 1. The van der Waals surface area contributed by atoms with Crippen molar-refractivity contribution in [3.63, 3.8) is 0 Å². The number of hydrogen-bond donors (Lipinski definition) is 1. The molecular weight excluding hydrogens is 140 g/mol. The Morgan fingerprint density at radius 3 is 2.55 bits per heavy atom. The van der Waals surface area contributed by atoms with Gasteiger partial charge in [-0.1, -0.05) is 0 Å². The first-order valence-corrected chi connectivity index (χ1v) is 4.08. The van der Waals surface area contributed by atoms with E-state index in [0.717, 1.165) is 19.4 Å². The topological polar surface area (TPSA) is 46.3 Å². The first-order chi connectivity index (χ1) is 5.07. The summed E-state index contributed by atoms with van der Waals surface area (Å²) in [6.45, 7) is 2.91. The number of hydrogen-bond acceptors (Lipinski definition) is 2. The third-order valence-corrected chi connectivity index (χ3v) is 2.78. The zero-order chi connectivity index (χ0) is 8.48. The van der Waals surface area contributed by atoms with E-state index in [1.165, 1.54) is 6.42 Å². The summed E-state index contributed by atoms with van der Waals surface area (Å²) < 4.78 is 0. The second kappa shape index (κ2) is 2.81. The van der Waals surface area contributed by atoms with Gasteiger partial charge in [-0.15, -0.1) is 0 Å². The van der Waals surface area contributed by atoms with E-state index in [4.69, 9.17) is 5.73 Å². The first-order valence-electron chi connectivity index (χ1n) is 4.08. The van der Waals surface area contributed by atoms with Crippen LogP contribution in [0, 0.1) is 0 Å². The molecule has 1 saturated heterocycles. The van der Waals surface area contributed by atoms with E-state index >= 15 is 0 Å². The fourth-order valence-electron chi connectivity index (χ4n) is 1.57. The van der Waals surface area contributed by atoms with Crippen molar-refractivity contribution in [2.45, 2.75) is 31.7 Å². The van der Waals surface area contributed by atoms with E-state index < -0.39 is 5.54 Å². The number of primary amides is 1. The van der Waals surface area contributed by atoms with Crippen LogP contribution in [-0.2, 0) is 4.79 Å². The van der Waals surface area contributed by atoms with E-state index in [0.29, 0.717) is 0 Å². The second-order valence-corrected chi connectivity index (χ2v) is 3.52. The largest absolute Gasteiger partial charge is 0.368 e. The molecule has 0 aliphatic carbocycles. The monoisotopic (exact) mass is 156 g/mol. The van der Waals surface area contributed by atoms with Crippen molar-refractivity contribution in [2.24, 2.45) is 5.73 Å². The van der Waals surface area contributed by atoms with Crippen LogP contribution in [0.15, 0.2) is 0 Å². The van der Waals surface area contributed by atoms with Gasteiger partial charge in [0.25, 0.3) is 0 Å². The van der Waals surface area contributed by atoms with Crippen LogP contribution in [0.1, 0.15) is 26.2 Å². The maximum absolute atomic E-state index is 11.1. The lowest BCUT2D eigenvalue weighted by molar-refractivity contribution is -0.130. The van der Waals surface area contributed by atoms with Gasteiger partial charge in [0.15, 0.2) is 0 Å². The van der Waals surface area contributed by atoms with Crippen LogP contribution < -0.4 is 5.73 Å². The number of carbonyl (C=O) groups is 1. The minimum atomic E-state index is -0.391. The van der Waals surface area contributed by atoms with Gasteiger partial charge in [0, 0.05) is 0 Å². The predicted octanol–water partition coefficient (Wildman–Crippen LogP) is 0.346. The summed E-state index contributed by atoms with van der Waals surface area (Å²) in [7, 11) is 1.96. The maximum Gasteiger partial charge on any atom is 0.237 e.